The van der Waals surface area contributed by atoms with E-state index < -0.39 is 6.04 Å². The maximum atomic E-state index is 13.2. The fraction of sp³-hybridized carbons (Fsp3) is 0.556. The highest BCUT2D eigenvalue weighted by Crippen LogP contribution is 2.35. The van der Waals surface area contributed by atoms with E-state index in [1.54, 1.807) is 12.1 Å². The van der Waals surface area contributed by atoms with E-state index in [2.05, 4.69) is 16.0 Å². The summed E-state index contributed by atoms with van der Waals surface area (Å²) < 4.78 is 13.2. The Hall–Kier alpha value is -2.11. The number of urea groups is 1. The number of rotatable bonds is 4. The highest BCUT2D eigenvalue weighted by molar-refractivity contribution is 5.87. The van der Waals surface area contributed by atoms with Gasteiger partial charge in [0.2, 0.25) is 5.91 Å². The number of benzene rings is 1. The van der Waals surface area contributed by atoms with Crippen molar-refractivity contribution in [1.29, 1.82) is 0 Å². The van der Waals surface area contributed by atoms with E-state index in [0.29, 0.717) is 18.9 Å². The van der Waals surface area contributed by atoms with Gasteiger partial charge in [0, 0.05) is 6.54 Å². The maximum Gasteiger partial charge on any atom is 0.315 e. The van der Waals surface area contributed by atoms with Gasteiger partial charge in [-0.1, -0.05) is 25.0 Å². The Labute approximate surface area is 141 Å². The zero-order valence-corrected chi connectivity index (χ0v) is 13.7. The highest BCUT2D eigenvalue weighted by atomic mass is 19.1. The molecule has 1 aliphatic carbocycles. The summed E-state index contributed by atoms with van der Waals surface area (Å²) >= 11 is 0. The first-order valence-electron chi connectivity index (χ1n) is 8.73. The van der Waals surface area contributed by atoms with Crippen LogP contribution in [0, 0.1) is 11.7 Å². The number of amides is 3. The molecule has 0 aromatic heterocycles. The number of piperidine rings is 1. The quantitative estimate of drug-likeness (QED) is 0.793. The average molecular weight is 333 g/mol. The summed E-state index contributed by atoms with van der Waals surface area (Å²) in [6, 6.07) is 5.34. The molecule has 2 aliphatic rings. The van der Waals surface area contributed by atoms with E-state index in [9.17, 15) is 14.0 Å². The molecule has 6 heteroatoms. The molecule has 2 fully saturated rings. The molecule has 1 heterocycles. The van der Waals surface area contributed by atoms with Gasteiger partial charge in [0.05, 0.1) is 6.04 Å². The van der Waals surface area contributed by atoms with Crippen LogP contribution < -0.4 is 16.0 Å². The zero-order valence-electron chi connectivity index (χ0n) is 13.7. The molecule has 130 valence electrons. The molecule has 1 aromatic rings. The molecule has 2 atom stereocenters. The molecule has 0 unspecified atom stereocenters. The molecule has 1 aliphatic heterocycles. The second-order valence-electron chi connectivity index (χ2n) is 6.68. The first-order valence-corrected chi connectivity index (χ1v) is 8.73. The first kappa shape index (κ1) is 16.7. The van der Waals surface area contributed by atoms with Crippen molar-refractivity contribution in [3.63, 3.8) is 0 Å². The topological polar surface area (TPSA) is 70.2 Å². The molecule has 3 rings (SSSR count). The van der Waals surface area contributed by atoms with Crippen LogP contribution in [0.5, 0.6) is 0 Å². The number of halogens is 1. The van der Waals surface area contributed by atoms with E-state index in [0.717, 1.165) is 37.7 Å². The summed E-state index contributed by atoms with van der Waals surface area (Å²) in [5.41, 5.74) is 0.909. The van der Waals surface area contributed by atoms with Gasteiger partial charge in [-0.3, -0.25) is 4.79 Å². The van der Waals surface area contributed by atoms with Crippen LogP contribution in [0.4, 0.5) is 9.18 Å². The van der Waals surface area contributed by atoms with Crippen LogP contribution >= 0.6 is 0 Å². The van der Waals surface area contributed by atoms with E-state index >= 15 is 0 Å². The second kappa shape index (κ2) is 7.64. The van der Waals surface area contributed by atoms with Gasteiger partial charge in [-0.25, -0.2) is 9.18 Å². The summed E-state index contributed by atoms with van der Waals surface area (Å²) in [6.07, 6.45) is 5.91. The van der Waals surface area contributed by atoms with Crippen LogP contribution in [0.25, 0.3) is 0 Å². The van der Waals surface area contributed by atoms with Crippen molar-refractivity contribution in [2.75, 3.05) is 6.54 Å². The van der Waals surface area contributed by atoms with Crippen molar-refractivity contribution >= 4 is 11.9 Å². The minimum atomic E-state index is -0.476. The van der Waals surface area contributed by atoms with Gasteiger partial charge in [0.1, 0.15) is 11.9 Å². The molecule has 0 radical (unpaired) electrons. The fourth-order valence-corrected chi connectivity index (χ4v) is 3.69. The molecular weight excluding hydrogens is 309 g/mol. The Balaban J connectivity index is 1.67. The van der Waals surface area contributed by atoms with Crippen LogP contribution in [-0.2, 0) is 4.79 Å². The molecule has 1 saturated carbocycles. The molecule has 3 amide bonds. The second-order valence-corrected chi connectivity index (χ2v) is 6.68. The van der Waals surface area contributed by atoms with Gasteiger partial charge < -0.3 is 16.0 Å². The number of hydrogen-bond acceptors (Lipinski definition) is 2. The predicted octanol–water partition coefficient (Wildman–Crippen LogP) is 2.63. The Kier molecular flexibility index (Phi) is 5.33. The van der Waals surface area contributed by atoms with Gasteiger partial charge in [-0.05, 0) is 49.3 Å². The predicted molar refractivity (Wildman–Crippen MR) is 88.8 cm³/mol. The van der Waals surface area contributed by atoms with Crippen molar-refractivity contribution in [3.05, 3.63) is 35.6 Å². The van der Waals surface area contributed by atoms with Crippen LogP contribution in [0.2, 0.25) is 0 Å². The third-order valence-electron chi connectivity index (χ3n) is 4.98. The maximum absolute atomic E-state index is 13.2. The van der Waals surface area contributed by atoms with E-state index in [-0.39, 0.29) is 23.8 Å². The number of carbonyl (C=O) groups is 2. The van der Waals surface area contributed by atoms with Crippen LogP contribution in [0.3, 0.4) is 0 Å². The Morgan fingerprint density at radius 3 is 2.50 bits per heavy atom. The molecule has 0 spiro atoms. The lowest BCUT2D eigenvalue weighted by molar-refractivity contribution is -0.124. The zero-order chi connectivity index (χ0) is 16.9. The lowest BCUT2D eigenvalue weighted by Gasteiger charge is -2.28. The third-order valence-corrected chi connectivity index (χ3v) is 4.98. The molecule has 1 saturated heterocycles. The largest absolute Gasteiger partial charge is 0.354 e. The molecule has 5 nitrogen and oxygen atoms in total. The van der Waals surface area contributed by atoms with Gasteiger partial charge in [0.25, 0.3) is 0 Å². The monoisotopic (exact) mass is 333 g/mol. The lowest BCUT2D eigenvalue weighted by Crippen LogP contribution is -2.53. The lowest BCUT2D eigenvalue weighted by atomic mass is 9.91. The molecule has 3 N–H and O–H groups in total. The summed E-state index contributed by atoms with van der Waals surface area (Å²) in [5.74, 6) is -0.0655. The first-order chi connectivity index (χ1) is 11.6. The smallest absolute Gasteiger partial charge is 0.315 e. The van der Waals surface area contributed by atoms with Crippen molar-refractivity contribution in [2.45, 2.75) is 50.6 Å². The van der Waals surface area contributed by atoms with Crippen molar-refractivity contribution in [3.8, 4) is 0 Å². The number of hydrogen-bond donors (Lipinski definition) is 3. The van der Waals surface area contributed by atoms with Crippen molar-refractivity contribution < 1.29 is 14.0 Å². The fourth-order valence-electron chi connectivity index (χ4n) is 3.69. The van der Waals surface area contributed by atoms with E-state index in [4.69, 9.17) is 0 Å². The summed E-state index contributed by atoms with van der Waals surface area (Å²) in [7, 11) is 0. The third kappa shape index (κ3) is 4.04. The minimum absolute atomic E-state index is 0.129. The Bertz CT molecular complexity index is 584. The van der Waals surface area contributed by atoms with E-state index in [1.165, 1.54) is 12.1 Å². The SMILES string of the molecule is O=C(N[C@@H]1CCCNC1=O)N[C@@H](c1ccc(F)cc1)C1CCCC1. The molecular formula is C18H24FN3O2. The van der Waals surface area contributed by atoms with Crippen LogP contribution in [0.1, 0.15) is 50.1 Å². The molecule has 1 aromatic carbocycles. The van der Waals surface area contributed by atoms with Crippen molar-refractivity contribution in [2.24, 2.45) is 5.92 Å². The van der Waals surface area contributed by atoms with Gasteiger partial charge >= 0.3 is 6.03 Å². The average Bonchev–Trinajstić information content (AvgIpc) is 3.10. The number of nitrogens with one attached hydrogen (secondary N) is 3. The van der Waals surface area contributed by atoms with Crippen molar-refractivity contribution in [1.82, 2.24) is 16.0 Å². The molecule has 24 heavy (non-hydrogen) atoms. The minimum Gasteiger partial charge on any atom is -0.354 e. The summed E-state index contributed by atoms with van der Waals surface area (Å²) in [6.45, 7) is 0.666. The Morgan fingerprint density at radius 2 is 1.83 bits per heavy atom. The summed E-state index contributed by atoms with van der Waals surface area (Å²) in [4.78, 5) is 24.2. The summed E-state index contributed by atoms with van der Waals surface area (Å²) in [5, 5.41) is 8.54. The standard InChI is InChI=1S/C18H24FN3O2/c19-14-9-7-13(8-10-14)16(12-4-1-2-5-12)22-18(24)21-15-6-3-11-20-17(15)23/h7-10,12,15-16H,1-6,11H2,(H,20,23)(H2,21,22,24)/t15-,16-/m1/s1. The molecule has 0 bridgehead atoms. The van der Waals surface area contributed by atoms with Gasteiger partial charge in [-0.2, -0.15) is 0 Å². The normalized spacial score (nSPS) is 22.7. The van der Waals surface area contributed by atoms with Gasteiger partial charge in [-0.15, -0.1) is 0 Å². The van der Waals surface area contributed by atoms with Crippen LogP contribution in [0.15, 0.2) is 24.3 Å². The van der Waals surface area contributed by atoms with E-state index in [1.807, 2.05) is 0 Å². The number of carbonyl (C=O) groups excluding carboxylic acids is 2. The highest BCUT2D eigenvalue weighted by Gasteiger charge is 2.29. The van der Waals surface area contributed by atoms with Gasteiger partial charge in [0.15, 0.2) is 0 Å². The van der Waals surface area contributed by atoms with Crippen LogP contribution in [-0.4, -0.2) is 24.5 Å². The Morgan fingerprint density at radius 1 is 1.12 bits per heavy atom.